The quantitative estimate of drug-likeness (QED) is 0.881. The zero-order chi connectivity index (χ0) is 14.6. The van der Waals surface area contributed by atoms with Crippen molar-refractivity contribution < 1.29 is 13.9 Å². The van der Waals surface area contributed by atoms with Crippen LogP contribution in [0.1, 0.15) is 11.1 Å². The summed E-state index contributed by atoms with van der Waals surface area (Å²) in [4.78, 5) is 0. The summed E-state index contributed by atoms with van der Waals surface area (Å²) >= 11 is 0. The van der Waals surface area contributed by atoms with Crippen molar-refractivity contribution in [2.45, 2.75) is 11.8 Å². The molecule has 2 nitrogen and oxygen atoms in total. The maximum Gasteiger partial charge on any atom is 0.126 e. The third-order valence-corrected chi connectivity index (χ3v) is 3.62. The van der Waals surface area contributed by atoms with Gasteiger partial charge in [0, 0.05) is 12.0 Å². The number of aliphatic hydroxyl groups excluding tert-OH is 1. The summed E-state index contributed by atoms with van der Waals surface area (Å²) in [6, 6.07) is 12.5. The SMILES string of the molecule is NCC(CO)(Cc1cc(F)ccc1F)c1ccccc1. The molecule has 0 aliphatic heterocycles. The largest absolute Gasteiger partial charge is 0.395 e. The van der Waals surface area contributed by atoms with Crippen LogP contribution in [0.2, 0.25) is 0 Å². The lowest BCUT2D eigenvalue weighted by molar-refractivity contribution is 0.195. The molecular formula is C16H17F2NO. The van der Waals surface area contributed by atoms with Crippen LogP contribution in [0.15, 0.2) is 48.5 Å². The molecule has 3 N–H and O–H groups in total. The summed E-state index contributed by atoms with van der Waals surface area (Å²) in [5.41, 5.74) is 6.03. The van der Waals surface area contributed by atoms with Crippen LogP contribution in [0.3, 0.4) is 0 Å². The van der Waals surface area contributed by atoms with E-state index in [0.717, 1.165) is 23.8 Å². The first-order chi connectivity index (χ1) is 9.61. The summed E-state index contributed by atoms with van der Waals surface area (Å²) in [6.07, 6.45) is 0.146. The van der Waals surface area contributed by atoms with E-state index in [0.29, 0.717) is 0 Å². The molecule has 1 atom stereocenters. The molecule has 4 heteroatoms. The number of benzene rings is 2. The number of rotatable bonds is 5. The number of halogens is 2. The minimum absolute atomic E-state index is 0.142. The van der Waals surface area contributed by atoms with E-state index in [1.165, 1.54) is 0 Å². The predicted molar refractivity (Wildman–Crippen MR) is 74.3 cm³/mol. The van der Waals surface area contributed by atoms with E-state index in [9.17, 15) is 13.9 Å². The van der Waals surface area contributed by atoms with Crippen molar-refractivity contribution in [3.8, 4) is 0 Å². The fraction of sp³-hybridized carbons (Fsp3) is 0.250. The van der Waals surface area contributed by atoms with Gasteiger partial charge in [-0.15, -0.1) is 0 Å². The van der Waals surface area contributed by atoms with Crippen molar-refractivity contribution in [3.05, 3.63) is 71.3 Å². The molecule has 0 saturated heterocycles. The Kier molecular flexibility index (Phi) is 4.47. The molecule has 0 saturated carbocycles. The highest BCUT2D eigenvalue weighted by atomic mass is 19.1. The highest BCUT2D eigenvalue weighted by Gasteiger charge is 2.31. The van der Waals surface area contributed by atoms with Gasteiger partial charge in [0.2, 0.25) is 0 Å². The van der Waals surface area contributed by atoms with Crippen LogP contribution in [-0.2, 0) is 11.8 Å². The van der Waals surface area contributed by atoms with E-state index in [4.69, 9.17) is 5.73 Å². The summed E-state index contributed by atoms with van der Waals surface area (Å²) in [5, 5.41) is 9.76. The fourth-order valence-corrected chi connectivity index (χ4v) is 2.34. The van der Waals surface area contributed by atoms with E-state index < -0.39 is 17.0 Å². The molecule has 2 rings (SSSR count). The Morgan fingerprint density at radius 3 is 2.35 bits per heavy atom. The van der Waals surface area contributed by atoms with Crippen LogP contribution in [-0.4, -0.2) is 18.3 Å². The Hall–Kier alpha value is -1.78. The van der Waals surface area contributed by atoms with Crippen molar-refractivity contribution in [2.24, 2.45) is 5.73 Å². The maximum atomic E-state index is 13.8. The molecule has 0 radical (unpaired) electrons. The normalized spacial score (nSPS) is 14.0. The average molecular weight is 277 g/mol. The molecule has 0 heterocycles. The molecule has 0 aliphatic rings. The zero-order valence-electron chi connectivity index (χ0n) is 11.0. The van der Waals surface area contributed by atoms with E-state index in [2.05, 4.69) is 0 Å². The van der Waals surface area contributed by atoms with Gasteiger partial charge in [-0.3, -0.25) is 0 Å². The molecule has 1 unspecified atom stereocenters. The number of hydrogen-bond donors (Lipinski definition) is 2. The van der Waals surface area contributed by atoms with Crippen LogP contribution in [0.25, 0.3) is 0 Å². The Balaban J connectivity index is 2.42. The minimum atomic E-state index is -0.810. The molecule has 2 aromatic rings. The second kappa shape index (κ2) is 6.11. The molecule has 0 bridgehead atoms. The molecule has 106 valence electrons. The summed E-state index contributed by atoms with van der Waals surface area (Å²) < 4.78 is 27.1. The van der Waals surface area contributed by atoms with E-state index >= 15 is 0 Å². The Bertz CT molecular complexity index is 568. The van der Waals surface area contributed by atoms with Gasteiger partial charge in [0.1, 0.15) is 11.6 Å². The standard InChI is InChI=1S/C16H17F2NO/c17-14-6-7-15(18)12(8-14)9-16(10-19,11-20)13-4-2-1-3-5-13/h1-8,20H,9-11,19H2. The van der Waals surface area contributed by atoms with Crippen LogP contribution < -0.4 is 5.73 Å². The lowest BCUT2D eigenvalue weighted by atomic mass is 9.76. The van der Waals surface area contributed by atoms with Gasteiger partial charge in [0.25, 0.3) is 0 Å². The topological polar surface area (TPSA) is 46.2 Å². The van der Waals surface area contributed by atoms with Crippen LogP contribution in [0.4, 0.5) is 8.78 Å². The molecule has 0 aliphatic carbocycles. The van der Waals surface area contributed by atoms with Crippen LogP contribution in [0.5, 0.6) is 0 Å². The monoisotopic (exact) mass is 277 g/mol. The van der Waals surface area contributed by atoms with Crippen LogP contribution in [0, 0.1) is 11.6 Å². The smallest absolute Gasteiger partial charge is 0.126 e. The van der Waals surface area contributed by atoms with Gasteiger partial charge in [0.15, 0.2) is 0 Å². The highest BCUT2D eigenvalue weighted by Crippen LogP contribution is 2.28. The zero-order valence-corrected chi connectivity index (χ0v) is 11.0. The third-order valence-electron chi connectivity index (χ3n) is 3.62. The molecule has 20 heavy (non-hydrogen) atoms. The molecule has 0 aromatic heterocycles. The van der Waals surface area contributed by atoms with Gasteiger partial charge in [0.05, 0.1) is 6.61 Å². The summed E-state index contributed by atoms with van der Waals surface area (Å²) in [6.45, 7) is -0.0903. The average Bonchev–Trinajstić information content (AvgIpc) is 2.49. The Morgan fingerprint density at radius 1 is 1.05 bits per heavy atom. The number of aliphatic hydroxyl groups is 1. The van der Waals surface area contributed by atoms with Gasteiger partial charge in [-0.2, -0.15) is 0 Å². The van der Waals surface area contributed by atoms with Crippen molar-refractivity contribution >= 4 is 0 Å². The molecule has 2 aromatic carbocycles. The molecular weight excluding hydrogens is 260 g/mol. The van der Waals surface area contributed by atoms with Gasteiger partial charge >= 0.3 is 0 Å². The van der Waals surface area contributed by atoms with Crippen molar-refractivity contribution in [3.63, 3.8) is 0 Å². The first-order valence-corrected chi connectivity index (χ1v) is 6.42. The second-order valence-electron chi connectivity index (χ2n) is 4.92. The maximum absolute atomic E-state index is 13.8. The second-order valence-corrected chi connectivity index (χ2v) is 4.92. The van der Waals surface area contributed by atoms with Crippen LogP contribution >= 0.6 is 0 Å². The Labute approximate surface area is 116 Å². The number of hydrogen-bond acceptors (Lipinski definition) is 2. The first-order valence-electron chi connectivity index (χ1n) is 6.42. The van der Waals surface area contributed by atoms with E-state index in [-0.39, 0.29) is 25.1 Å². The van der Waals surface area contributed by atoms with E-state index in [1.807, 2.05) is 30.3 Å². The number of nitrogens with two attached hydrogens (primary N) is 1. The van der Waals surface area contributed by atoms with Gasteiger partial charge < -0.3 is 10.8 Å². The molecule has 0 spiro atoms. The van der Waals surface area contributed by atoms with E-state index in [1.54, 1.807) is 0 Å². The van der Waals surface area contributed by atoms with Gasteiger partial charge in [-0.05, 0) is 35.7 Å². The summed E-state index contributed by atoms with van der Waals surface area (Å²) in [7, 11) is 0. The lowest BCUT2D eigenvalue weighted by Gasteiger charge is -2.31. The van der Waals surface area contributed by atoms with Crippen molar-refractivity contribution in [1.29, 1.82) is 0 Å². The summed E-state index contributed by atoms with van der Waals surface area (Å²) in [5.74, 6) is -0.994. The third kappa shape index (κ3) is 2.86. The van der Waals surface area contributed by atoms with Crippen molar-refractivity contribution in [1.82, 2.24) is 0 Å². The fourth-order valence-electron chi connectivity index (χ4n) is 2.34. The predicted octanol–water partition coefficient (Wildman–Crippen LogP) is 2.40. The van der Waals surface area contributed by atoms with Gasteiger partial charge in [-0.1, -0.05) is 30.3 Å². The minimum Gasteiger partial charge on any atom is -0.395 e. The first kappa shape index (κ1) is 14.6. The van der Waals surface area contributed by atoms with Gasteiger partial charge in [-0.25, -0.2) is 8.78 Å². The highest BCUT2D eigenvalue weighted by molar-refractivity contribution is 5.31. The Morgan fingerprint density at radius 2 is 1.75 bits per heavy atom. The van der Waals surface area contributed by atoms with Crippen molar-refractivity contribution in [2.75, 3.05) is 13.2 Å². The molecule has 0 fully saturated rings. The molecule has 0 amide bonds. The lowest BCUT2D eigenvalue weighted by Crippen LogP contribution is -2.41.